The van der Waals surface area contributed by atoms with E-state index >= 15 is 0 Å². The number of nitrogens with one attached hydrogen (secondary N) is 2. The van der Waals surface area contributed by atoms with E-state index in [0.29, 0.717) is 0 Å². The third-order valence-corrected chi connectivity index (χ3v) is 0.539. The maximum atomic E-state index is 3.38. The van der Waals surface area contributed by atoms with Crippen molar-refractivity contribution < 1.29 is 19.5 Å². The average Bonchev–Trinajstić information content (AvgIpc) is 2.67. The second kappa shape index (κ2) is 6.88. The fraction of sp³-hybridized carbons (Fsp3) is 0. The molecule has 2 heterocycles. The molecule has 0 aliphatic heterocycles. The van der Waals surface area contributed by atoms with E-state index in [1.807, 2.05) is 0 Å². The number of hydrogen-bond acceptors (Lipinski definition) is 6. The molecule has 0 radical (unpaired) electrons. The first-order valence-corrected chi connectivity index (χ1v) is 2.33. The average molecular weight is 241 g/mol. The molecule has 2 rings (SSSR count). The van der Waals surface area contributed by atoms with Gasteiger partial charge in [0.15, 0.2) is 12.7 Å². The van der Waals surface area contributed by atoms with Gasteiger partial charge in [0, 0.05) is 19.5 Å². The maximum absolute atomic E-state index is 3.38. The fourth-order valence-electron chi connectivity index (χ4n) is 0.258. The van der Waals surface area contributed by atoms with Crippen LogP contribution in [0.3, 0.4) is 0 Å². The number of aromatic amines is 2. The van der Waals surface area contributed by atoms with Crippen molar-refractivity contribution in [1.82, 2.24) is 41.2 Å². The summed E-state index contributed by atoms with van der Waals surface area (Å²) in [6.07, 6.45) is 2.67. The standard InChI is InChI=1S/2CH2N4.Ru/c2*1-2-4-5-3-1;/h2*1H,(H,2,3,4,5);. The van der Waals surface area contributed by atoms with Crippen LogP contribution in [0.25, 0.3) is 0 Å². The van der Waals surface area contributed by atoms with Crippen LogP contribution in [0.2, 0.25) is 0 Å². The molecule has 0 saturated carbocycles. The van der Waals surface area contributed by atoms with Gasteiger partial charge in [-0.05, 0) is 0 Å². The van der Waals surface area contributed by atoms with Gasteiger partial charge in [0.05, 0.1) is 0 Å². The Kier molecular flexibility index (Phi) is 6.10. The van der Waals surface area contributed by atoms with Gasteiger partial charge in [0.1, 0.15) is 0 Å². The third kappa shape index (κ3) is 5.22. The minimum absolute atomic E-state index is 0. The number of rotatable bonds is 0. The normalized spacial score (nSPS) is 7.27. The Morgan fingerprint density at radius 1 is 0.818 bits per heavy atom. The molecule has 0 atom stereocenters. The molecule has 60 valence electrons. The molecule has 2 aromatic heterocycles. The van der Waals surface area contributed by atoms with Crippen LogP contribution in [0.5, 0.6) is 0 Å². The van der Waals surface area contributed by atoms with E-state index in [4.69, 9.17) is 0 Å². The number of tetrazole rings is 2. The monoisotopic (exact) mass is 242 g/mol. The third-order valence-electron chi connectivity index (χ3n) is 0.539. The summed E-state index contributed by atoms with van der Waals surface area (Å²) < 4.78 is 0. The van der Waals surface area contributed by atoms with Crippen molar-refractivity contribution in [3.8, 4) is 0 Å². The zero-order valence-corrected chi connectivity index (χ0v) is 6.93. The SMILES string of the molecule is [Ru].c1nn[nH]n1.c1nn[nH]n1. The van der Waals surface area contributed by atoms with E-state index in [1.165, 1.54) is 12.7 Å². The molecule has 9 heteroatoms. The van der Waals surface area contributed by atoms with Crippen LogP contribution >= 0.6 is 0 Å². The van der Waals surface area contributed by atoms with Crippen LogP contribution in [0.1, 0.15) is 0 Å². The molecule has 11 heavy (non-hydrogen) atoms. The zero-order valence-electron chi connectivity index (χ0n) is 5.19. The first-order chi connectivity index (χ1) is 5.00. The first kappa shape index (κ1) is 9.76. The van der Waals surface area contributed by atoms with E-state index in [2.05, 4.69) is 41.2 Å². The summed E-state index contributed by atoms with van der Waals surface area (Å²) in [5.74, 6) is 0. The van der Waals surface area contributed by atoms with Crippen molar-refractivity contribution in [3.63, 3.8) is 0 Å². The van der Waals surface area contributed by atoms with Gasteiger partial charge < -0.3 is 0 Å². The van der Waals surface area contributed by atoms with Gasteiger partial charge in [-0.2, -0.15) is 10.4 Å². The van der Waals surface area contributed by atoms with Crippen molar-refractivity contribution in [2.75, 3.05) is 0 Å². The van der Waals surface area contributed by atoms with Crippen molar-refractivity contribution in [2.24, 2.45) is 0 Å². The molecule has 0 saturated heterocycles. The van der Waals surface area contributed by atoms with E-state index < -0.39 is 0 Å². The number of aromatic nitrogens is 8. The van der Waals surface area contributed by atoms with Gasteiger partial charge in [-0.25, -0.2) is 0 Å². The molecule has 0 aliphatic carbocycles. The van der Waals surface area contributed by atoms with Gasteiger partial charge in [-0.15, -0.1) is 20.4 Å². The Hall–Kier alpha value is -1.24. The molecule has 0 spiro atoms. The Morgan fingerprint density at radius 2 is 1.27 bits per heavy atom. The van der Waals surface area contributed by atoms with E-state index in [1.54, 1.807) is 0 Å². The van der Waals surface area contributed by atoms with Crippen LogP contribution in [-0.4, -0.2) is 41.2 Å². The molecular formula is C2H4N8Ru. The Morgan fingerprint density at radius 3 is 1.36 bits per heavy atom. The zero-order chi connectivity index (χ0) is 7.07. The van der Waals surface area contributed by atoms with Crippen molar-refractivity contribution >= 4 is 0 Å². The quantitative estimate of drug-likeness (QED) is 0.537. The van der Waals surface area contributed by atoms with E-state index in [-0.39, 0.29) is 19.5 Å². The molecule has 2 N–H and O–H groups in total. The molecule has 0 aromatic carbocycles. The van der Waals surface area contributed by atoms with Gasteiger partial charge in [-0.1, -0.05) is 10.4 Å². The fourth-order valence-corrected chi connectivity index (χ4v) is 0.258. The van der Waals surface area contributed by atoms with Crippen LogP contribution in [0.4, 0.5) is 0 Å². The molecular weight excluding hydrogens is 237 g/mol. The van der Waals surface area contributed by atoms with Gasteiger partial charge in [-0.3, -0.25) is 0 Å². The summed E-state index contributed by atoms with van der Waals surface area (Å²) in [6, 6.07) is 0. The Bertz CT molecular complexity index is 151. The smallest absolute Gasteiger partial charge is 0.161 e. The second-order valence-electron chi connectivity index (χ2n) is 1.12. The molecule has 2 aromatic rings. The topological polar surface area (TPSA) is 109 Å². The first-order valence-electron chi connectivity index (χ1n) is 2.33. The molecule has 0 amide bonds. The molecule has 0 unspecified atom stereocenters. The van der Waals surface area contributed by atoms with Crippen LogP contribution in [0.15, 0.2) is 12.7 Å². The van der Waals surface area contributed by atoms with Gasteiger partial charge in [0.2, 0.25) is 0 Å². The van der Waals surface area contributed by atoms with Gasteiger partial charge >= 0.3 is 0 Å². The summed E-state index contributed by atoms with van der Waals surface area (Å²) in [4.78, 5) is 0. The molecule has 0 aliphatic rings. The van der Waals surface area contributed by atoms with Crippen molar-refractivity contribution in [3.05, 3.63) is 12.7 Å². The van der Waals surface area contributed by atoms with Crippen LogP contribution in [0, 0.1) is 0 Å². The molecule has 0 bridgehead atoms. The summed E-state index contributed by atoms with van der Waals surface area (Å²) in [5.41, 5.74) is 0. The van der Waals surface area contributed by atoms with Crippen LogP contribution < -0.4 is 0 Å². The Labute approximate surface area is 73.9 Å². The summed E-state index contributed by atoms with van der Waals surface area (Å²) in [6.45, 7) is 0. The van der Waals surface area contributed by atoms with E-state index in [0.717, 1.165) is 0 Å². The molecule has 0 fully saturated rings. The van der Waals surface area contributed by atoms with Gasteiger partial charge in [0.25, 0.3) is 0 Å². The summed E-state index contributed by atoms with van der Waals surface area (Å²) in [5, 5.41) is 24.3. The molecule has 8 nitrogen and oxygen atoms in total. The predicted octanol–water partition coefficient (Wildman–Crippen LogP) is -1.60. The maximum Gasteiger partial charge on any atom is 0.161 e. The minimum atomic E-state index is 0. The van der Waals surface area contributed by atoms with Crippen molar-refractivity contribution in [1.29, 1.82) is 0 Å². The second-order valence-corrected chi connectivity index (χ2v) is 1.12. The predicted molar refractivity (Wildman–Crippen MR) is 28.4 cm³/mol. The number of H-pyrrole nitrogens is 2. The van der Waals surface area contributed by atoms with Crippen LogP contribution in [-0.2, 0) is 19.5 Å². The summed E-state index contributed by atoms with van der Waals surface area (Å²) >= 11 is 0. The largest absolute Gasteiger partial charge is 0.177 e. The number of nitrogens with zero attached hydrogens (tertiary/aromatic N) is 6. The number of hydrogen-bond donors (Lipinski definition) is 2. The van der Waals surface area contributed by atoms with Crippen molar-refractivity contribution in [2.45, 2.75) is 0 Å². The summed E-state index contributed by atoms with van der Waals surface area (Å²) in [7, 11) is 0. The van der Waals surface area contributed by atoms with E-state index in [9.17, 15) is 0 Å². The minimum Gasteiger partial charge on any atom is -0.177 e. The Balaban J connectivity index is 0.000000167.